The van der Waals surface area contributed by atoms with Gasteiger partial charge in [0.2, 0.25) is 5.91 Å². The van der Waals surface area contributed by atoms with E-state index in [0.717, 1.165) is 0 Å². The summed E-state index contributed by atoms with van der Waals surface area (Å²) in [6.07, 6.45) is 0. The number of rotatable bonds is 4. The number of hydrogen-bond acceptors (Lipinski definition) is 2. The molecule has 0 saturated heterocycles. The average Bonchev–Trinajstić information content (AvgIpc) is 2.42. The Balaban J connectivity index is 1.92. The summed E-state index contributed by atoms with van der Waals surface area (Å²) in [6, 6.07) is 9.44. The fourth-order valence-electron chi connectivity index (χ4n) is 1.54. The first-order valence-electron chi connectivity index (χ1n) is 5.79. The molecule has 6 heteroatoms. The number of anilines is 2. The van der Waals surface area contributed by atoms with Crippen LogP contribution >= 0.6 is 11.6 Å². The van der Waals surface area contributed by atoms with Crippen LogP contribution in [-0.4, -0.2) is 12.5 Å². The Morgan fingerprint density at radius 3 is 2.50 bits per heavy atom. The van der Waals surface area contributed by atoms with Gasteiger partial charge in [-0.1, -0.05) is 11.6 Å². The van der Waals surface area contributed by atoms with Crippen LogP contribution in [0.15, 0.2) is 42.5 Å². The molecule has 0 aliphatic heterocycles. The smallest absolute Gasteiger partial charge is 0.243 e. The third kappa shape index (κ3) is 3.93. The third-order valence-electron chi connectivity index (χ3n) is 2.50. The summed E-state index contributed by atoms with van der Waals surface area (Å²) in [6.45, 7) is -0.0718. The minimum Gasteiger partial charge on any atom is -0.376 e. The largest absolute Gasteiger partial charge is 0.376 e. The second kappa shape index (κ2) is 6.34. The molecule has 0 radical (unpaired) electrons. The van der Waals surface area contributed by atoms with Gasteiger partial charge in [0.05, 0.1) is 12.2 Å². The van der Waals surface area contributed by atoms with E-state index in [4.69, 9.17) is 11.6 Å². The number of amides is 1. The first kappa shape index (κ1) is 14.3. The summed E-state index contributed by atoms with van der Waals surface area (Å²) in [5.41, 5.74) is 0.608. The van der Waals surface area contributed by atoms with E-state index in [2.05, 4.69) is 10.6 Å². The van der Waals surface area contributed by atoms with Crippen LogP contribution in [0.4, 0.5) is 20.2 Å². The summed E-state index contributed by atoms with van der Waals surface area (Å²) in [7, 11) is 0. The molecule has 0 bridgehead atoms. The van der Waals surface area contributed by atoms with E-state index in [1.54, 1.807) is 0 Å². The minimum atomic E-state index is -0.565. The Bertz CT molecular complexity index is 617. The Hall–Kier alpha value is -2.14. The van der Waals surface area contributed by atoms with Crippen molar-refractivity contribution in [3.8, 4) is 0 Å². The zero-order valence-corrected chi connectivity index (χ0v) is 11.0. The molecule has 0 saturated carbocycles. The van der Waals surface area contributed by atoms with Crippen molar-refractivity contribution in [3.05, 3.63) is 59.1 Å². The van der Waals surface area contributed by atoms with Crippen LogP contribution in [0.1, 0.15) is 0 Å². The van der Waals surface area contributed by atoms with E-state index in [9.17, 15) is 13.6 Å². The monoisotopic (exact) mass is 296 g/mol. The molecular formula is C14H11ClF2N2O. The molecule has 2 aromatic rings. The van der Waals surface area contributed by atoms with Crippen molar-refractivity contribution >= 4 is 28.9 Å². The predicted octanol–water partition coefficient (Wildman–Crippen LogP) is 3.67. The summed E-state index contributed by atoms with van der Waals surface area (Å²) in [5, 5.41) is 5.52. The first-order chi connectivity index (χ1) is 9.54. The molecule has 104 valence electrons. The van der Waals surface area contributed by atoms with Gasteiger partial charge in [-0.05, 0) is 42.5 Å². The van der Waals surface area contributed by atoms with Gasteiger partial charge in [-0.25, -0.2) is 8.78 Å². The molecule has 0 atom stereocenters. The van der Waals surface area contributed by atoms with Crippen molar-refractivity contribution in [2.24, 2.45) is 0 Å². The minimum absolute atomic E-state index is 0.0170. The van der Waals surface area contributed by atoms with Crippen LogP contribution in [0.5, 0.6) is 0 Å². The topological polar surface area (TPSA) is 41.1 Å². The zero-order valence-electron chi connectivity index (χ0n) is 10.3. The Morgan fingerprint density at radius 1 is 1.10 bits per heavy atom. The maximum atomic E-state index is 13.4. The van der Waals surface area contributed by atoms with Gasteiger partial charge in [-0.15, -0.1) is 0 Å². The van der Waals surface area contributed by atoms with Gasteiger partial charge < -0.3 is 10.6 Å². The molecule has 0 fully saturated rings. The second-order valence-electron chi connectivity index (χ2n) is 4.03. The summed E-state index contributed by atoms with van der Waals surface area (Å²) >= 11 is 5.72. The number of halogens is 3. The maximum absolute atomic E-state index is 13.4. The van der Waals surface area contributed by atoms with Crippen LogP contribution < -0.4 is 10.6 Å². The van der Waals surface area contributed by atoms with Crippen LogP contribution in [0, 0.1) is 11.6 Å². The van der Waals surface area contributed by atoms with Gasteiger partial charge in [-0.2, -0.15) is 0 Å². The third-order valence-corrected chi connectivity index (χ3v) is 2.73. The number of carbonyl (C=O) groups excluding carboxylic acids is 1. The van der Waals surface area contributed by atoms with Gasteiger partial charge in [0.15, 0.2) is 0 Å². The predicted molar refractivity (Wildman–Crippen MR) is 74.9 cm³/mol. The summed E-state index contributed by atoms with van der Waals surface area (Å²) in [5.74, 6) is -1.36. The van der Waals surface area contributed by atoms with Gasteiger partial charge in [-0.3, -0.25) is 4.79 Å². The van der Waals surface area contributed by atoms with E-state index < -0.39 is 11.7 Å². The van der Waals surface area contributed by atoms with Crippen molar-refractivity contribution in [2.45, 2.75) is 0 Å². The van der Waals surface area contributed by atoms with E-state index in [1.165, 1.54) is 42.5 Å². The molecule has 2 aromatic carbocycles. The van der Waals surface area contributed by atoms with E-state index >= 15 is 0 Å². The van der Waals surface area contributed by atoms with Crippen LogP contribution in [0.2, 0.25) is 5.02 Å². The van der Waals surface area contributed by atoms with Crippen molar-refractivity contribution < 1.29 is 13.6 Å². The van der Waals surface area contributed by atoms with Crippen molar-refractivity contribution in [1.29, 1.82) is 0 Å². The highest BCUT2D eigenvalue weighted by Gasteiger charge is 2.07. The lowest BCUT2D eigenvalue weighted by Gasteiger charge is -2.08. The lowest BCUT2D eigenvalue weighted by molar-refractivity contribution is -0.114. The number of benzene rings is 2. The molecule has 2 rings (SSSR count). The van der Waals surface area contributed by atoms with Crippen molar-refractivity contribution in [3.63, 3.8) is 0 Å². The number of hydrogen-bond donors (Lipinski definition) is 2. The van der Waals surface area contributed by atoms with Crippen LogP contribution in [0.25, 0.3) is 0 Å². The van der Waals surface area contributed by atoms with Gasteiger partial charge in [0.25, 0.3) is 0 Å². The first-order valence-corrected chi connectivity index (χ1v) is 6.17. The van der Waals surface area contributed by atoms with Crippen molar-refractivity contribution in [1.82, 2.24) is 0 Å². The highest BCUT2D eigenvalue weighted by molar-refractivity contribution is 6.30. The normalized spacial score (nSPS) is 10.2. The number of nitrogens with one attached hydrogen (secondary N) is 2. The zero-order chi connectivity index (χ0) is 14.5. The SMILES string of the molecule is O=C(CNc1ccc(F)cc1)Nc1cc(Cl)ccc1F. The molecule has 0 aromatic heterocycles. The molecule has 0 aliphatic rings. The number of carbonyl (C=O) groups is 1. The second-order valence-corrected chi connectivity index (χ2v) is 4.47. The van der Waals surface area contributed by atoms with Gasteiger partial charge in [0, 0.05) is 10.7 Å². The Labute approximate surface area is 119 Å². The quantitative estimate of drug-likeness (QED) is 0.904. The molecule has 0 spiro atoms. The van der Waals surface area contributed by atoms with Crippen molar-refractivity contribution in [2.75, 3.05) is 17.2 Å². The Morgan fingerprint density at radius 2 is 1.80 bits per heavy atom. The highest BCUT2D eigenvalue weighted by atomic mass is 35.5. The average molecular weight is 297 g/mol. The van der Waals surface area contributed by atoms with E-state index in [-0.39, 0.29) is 18.0 Å². The molecule has 2 N–H and O–H groups in total. The standard InChI is InChI=1S/C14H11ClF2N2O/c15-9-1-6-12(17)13(7-9)19-14(20)8-18-11-4-2-10(16)3-5-11/h1-7,18H,8H2,(H,19,20). The van der Waals surface area contributed by atoms with E-state index in [0.29, 0.717) is 10.7 Å². The molecule has 0 unspecified atom stereocenters. The summed E-state index contributed by atoms with van der Waals surface area (Å²) < 4.78 is 26.1. The van der Waals surface area contributed by atoms with Gasteiger partial charge in [0.1, 0.15) is 11.6 Å². The molecular weight excluding hydrogens is 286 g/mol. The molecule has 3 nitrogen and oxygen atoms in total. The Kier molecular flexibility index (Phi) is 4.53. The van der Waals surface area contributed by atoms with Crippen LogP contribution in [0.3, 0.4) is 0 Å². The van der Waals surface area contributed by atoms with Gasteiger partial charge >= 0.3 is 0 Å². The highest BCUT2D eigenvalue weighted by Crippen LogP contribution is 2.19. The molecule has 0 aliphatic carbocycles. The fourth-order valence-corrected chi connectivity index (χ4v) is 1.71. The molecule has 20 heavy (non-hydrogen) atoms. The molecule has 1 amide bonds. The lowest BCUT2D eigenvalue weighted by atomic mass is 10.3. The molecule has 0 heterocycles. The maximum Gasteiger partial charge on any atom is 0.243 e. The lowest BCUT2D eigenvalue weighted by Crippen LogP contribution is -2.22. The fraction of sp³-hybridized carbons (Fsp3) is 0.0714. The van der Waals surface area contributed by atoms with E-state index in [1.807, 2.05) is 0 Å². The van der Waals surface area contributed by atoms with Crippen LogP contribution in [-0.2, 0) is 4.79 Å². The summed E-state index contributed by atoms with van der Waals surface area (Å²) in [4.78, 5) is 11.7.